The second-order valence-electron chi connectivity index (χ2n) is 4.03. The lowest BCUT2D eigenvalue weighted by molar-refractivity contribution is 0.222. The van der Waals surface area contributed by atoms with Crippen molar-refractivity contribution in [1.82, 2.24) is 4.98 Å². The minimum absolute atomic E-state index is 0.0702. The van der Waals surface area contributed by atoms with Gasteiger partial charge in [-0.3, -0.25) is 4.98 Å². The number of nitrogen functional groups attached to an aromatic ring is 1. The molecule has 2 N–H and O–H groups in total. The highest BCUT2D eigenvalue weighted by Crippen LogP contribution is 2.23. The van der Waals surface area contributed by atoms with E-state index in [4.69, 9.17) is 10.5 Å². The van der Waals surface area contributed by atoms with Crippen molar-refractivity contribution in [3.8, 4) is 5.75 Å². The topological polar surface area (TPSA) is 48.1 Å². The molecule has 3 nitrogen and oxygen atoms in total. The van der Waals surface area contributed by atoms with Crippen LogP contribution in [0.25, 0.3) is 0 Å². The predicted octanol–water partition coefficient (Wildman–Crippen LogP) is 3.11. The third-order valence-corrected chi connectivity index (χ3v) is 2.66. The first-order chi connectivity index (χ1) is 8.16. The minimum atomic E-state index is -0.0702. The molecule has 1 atom stereocenters. The quantitative estimate of drug-likeness (QED) is 0.821. The lowest BCUT2D eigenvalue weighted by Gasteiger charge is -2.14. The highest BCUT2D eigenvalue weighted by Gasteiger charge is 2.08. The number of nitrogens with two attached hydrogens (primary N) is 1. The molecular formula is C14H16N2O. The van der Waals surface area contributed by atoms with Gasteiger partial charge >= 0.3 is 0 Å². The molecule has 1 aromatic heterocycles. The SMILES string of the molecule is Cc1cc(OC(C)c2ccccn2)ccc1N. The molecule has 1 heterocycles. The van der Waals surface area contributed by atoms with Crippen molar-refractivity contribution < 1.29 is 4.74 Å². The van der Waals surface area contributed by atoms with Crippen molar-refractivity contribution in [2.75, 3.05) is 5.73 Å². The molecular weight excluding hydrogens is 212 g/mol. The van der Waals surface area contributed by atoms with E-state index in [-0.39, 0.29) is 6.10 Å². The van der Waals surface area contributed by atoms with Gasteiger partial charge in [0.1, 0.15) is 11.9 Å². The third kappa shape index (κ3) is 2.75. The first-order valence-electron chi connectivity index (χ1n) is 5.60. The highest BCUT2D eigenvalue weighted by molar-refractivity contribution is 5.49. The average molecular weight is 228 g/mol. The normalized spacial score (nSPS) is 12.1. The van der Waals surface area contributed by atoms with Crippen LogP contribution in [0.1, 0.15) is 24.3 Å². The van der Waals surface area contributed by atoms with Crippen LogP contribution in [0.5, 0.6) is 5.75 Å². The Balaban J connectivity index is 2.13. The Labute approximate surface area is 101 Å². The number of benzene rings is 1. The molecule has 2 rings (SSSR count). The van der Waals surface area contributed by atoms with Gasteiger partial charge in [0.15, 0.2) is 0 Å². The molecule has 0 aliphatic rings. The van der Waals surface area contributed by atoms with Crippen LogP contribution >= 0.6 is 0 Å². The lowest BCUT2D eigenvalue weighted by Crippen LogP contribution is -2.05. The van der Waals surface area contributed by atoms with Crippen LogP contribution < -0.4 is 10.5 Å². The highest BCUT2D eigenvalue weighted by atomic mass is 16.5. The first kappa shape index (κ1) is 11.5. The van der Waals surface area contributed by atoms with Gasteiger partial charge in [-0.05, 0) is 49.7 Å². The van der Waals surface area contributed by atoms with Gasteiger partial charge in [0.2, 0.25) is 0 Å². The maximum atomic E-state index is 5.82. The van der Waals surface area contributed by atoms with E-state index in [1.165, 1.54) is 0 Å². The third-order valence-electron chi connectivity index (χ3n) is 2.66. The summed E-state index contributed by atoms with van der Waals surface area (Å²) in [6.45, 7) is 3.95. The van der Waals surface area contributed by atoms with E-state index >= 15 is 0 Å². The molecule has 0 fully saturated rings. The molecule has 0 amide bonds. The van der Waals surface area contributed by atoms with Gasteiger partial charge in [-0.1, -0.05) is 6.07 Å². The number of aromatic nitrogens is 1. The molecule has 0 aliphatic carbocycles. The summed E-state index contributed by atoms with van der Waals surface area (Å²) in [6, 6.07) is 11.5. The number of anilines is 1. The average Bonchev–Trinajstić information content (AvgIpc) is 2.35. The van der Waals surface area contributed by atoms with Crippen LogP contribution in [0.15, 0.2) is 42.6 Å². The molecule has 3 heteroatoms. The van der Waals surface area contributed by atoms with Gasteiger partial charge in [0.25, 0.3) is 0 Å². The zero-order chi connectivity index (χ0) is 12.3. The smallest absolute Gasteiger partial charge is 0.138 e. The van der Waals surface area contributed by atoms with Crippen molar-refractivity contribution in [3.63, 3.8) is 0 Å². The van der Waals surface area contributed by atoms with Crippen molar-refractivity contribution in [2.24, 2.45) is 0 Å². The number of hydrogen-bond donors (Lipinski definition) is 1. The summed E-state index contributed by atoms with van der Waals surface area (Å²) in [5.41, 5.74) is 8.49. The number of ether oxygens (including phenoxy) is 1. The molecule has 0 spiro atoms. The standard InChI is InChI=1S/C14H16N2O/c1-10-9-12(6-7-13(10)15)17-11(2)14-5-3-4-8-16-14/h3-9,11H,15H2,1-2H3. The summed E-state index contributed by atoms with van der Waals surface area (Å²) < 4.78 is 5.82. The van der Waals surface area contributed by atoms with E-state index in [1.807, 2.05) is 50.2 Å². The van der Waals surface area contributed by atoms with E-state index in [9.17, 15) is 0 Å². The Hall–Kier alpha value is -2.03. The second-order valence-corrected chi connectivity index (χ2v) is 4.03. The summed E-state index contributed by atoms with van der Waals surface area (Å²) in [7, 11) is 0. The first-order valence-corrected chi connectivity index (χ1v) is 5.60. The number of rotatable bonds is 3. The van der Waals surface area contributed by atoms with Crippen LogP contribution in [0.3, 0.4) is 0 Å². The molecule has 0 radical (unpaired) electrons. The van der Waals surface area contributed by atoms with Crippen LogP contribution in [0.4, 0.5) is 5.69 Å². The Morgan fingerprint density at radius 2 is 2.06 bits per heavy atom. The second kappa shape index (κ2) is 4.87. The molecule has 1 unspecified atom stereocenters. The Morgan fingerprint density at radius 3 is 2.71 bits per heavy atom. The van der Waals surface area contributed by atoms with Crippen molar-refractivity contribution in [3.05, 3.63) is 53.9 Å². The van der Waals surface area contributed by atoms with Crippen molar-refractivity contribution in [2.45, 2.75) is 20.0 Å². The van der Waals surface area contributed by atoms with E-state index in [2.05, 4.69) is 4.98 Å². The fourth-order valence-corrected chi connectivity index (χ4v) is 1.60. The number of pyridine rings is 1. The van der Waals surface area contributed by atoms with Crippen LogP contribution in [0, 0.1) is 6.92 Å². The summed E-state index contributed by atoms with van der Waals surface area (Å²) in [5, 5.41) is 0. The summed E-state index contributed by atoms with van der Waals surface area (Å²) >= 11 is 0. The predicted molar refractivity (Wildman–Crippen MR) is 68.9 cm³/mol. The van der Waals surface area contributed by atoms with Crippen LogP contribution in [0.2, 0.25) is 0 Å². The van der Waals surface area contributed by atoms with Gasteiger partial charge in [-0.15, -0.1) is 0 Å². The van der Waals surface area contributed by atoms with E-state index in [0.29, 0.717) is 0 Å². The minimum Gasteiger partial charge on any atom is -0.484 e. The number of hydrogen-bond acceptors (Lipinski definition) is 3. The molecule has 88 valence electrons. The summed E-state index contributed by atoms with van der Waals surface area (Å²) in [4.78, 5) is 4.27. The monoisotopic (exact) mass is 228 g/mol. The number of nitrogens with zero attached hydrogens (tertiary/aromatic N) is 1. The van der Waals surface area contributed by atoms with Crippen LogP contribution in [-0.2, 0) is 0 Å². The van der Waals surface area contributed by atoms with Gasteiger partial charge in [-0.25, -0.2) is 0 Å². The molecule has 0 bridgehead atoms. The molecule has 0 aliphatic heterocycles. The molecule has 17 heavy (non-hydrogen) atoms. The van der Waals surface area contributed by atoms with E-state index < -0.39 is 0 Å². The summed E-state index contributed by atoms with van der Waals surface area (Å²) in [6.07, 6.45) is 1.70. The Kier molecular flexibility index (Phi) is 3.28. The van der Waals surface area contributed by atoms with Gasteiger partial charge < -0.3 is 10.5 Å². The lowest BCUT2D eigenvalue weighted by atomic mass is 10.2. The van der Waals surface area contributed by atoms with Gasteiger partial charge in [0, 0.05) is 11.9 Å². The molecule has 2 aromatic rings. The van der Waals surface area contributed by atoms with Gasteiger partial charge in [0.05, 0.1) is 5.69 Å². The van der Waals surface area contributed by atoms with Crippen molar-refractivity contribution >= 4 is 5.69 Å². The zero-order valence-corrected chi connectivity index (χ0v) is 10.1. The Bertz CT molecular complexity index is 497. The maximum absolute atomic E-state index is 5.82. The fraction of sp³-hybridized carbons (Fsp3) is 0.214. The van der Waals surface area contributed by atoms with Crippen molar-refractivity contribution in [1.29, 1.82) is 0 Å². The Morgan fingerprint density at radius 1 is 1.24 bits per heavy atom. The van der Waals surface area contributed by atoms with Gasteiger partial charge in [-0.2, -0.15) is 0 Å². The largest absolute Gasteiger partial charge is 0.484 e. The van der Waals surface area contributed by atoms with E-state index in [1.54, 1.807) is 6.20 Å². The summed E-state index contributed by atoms with van der Waals surface area (Å²) in [5.74, 6) is 0.815. The molecule has 0 saturated carbocycles. The fourth-order valence-electron chi connectivity index (χ4n) is 1.60. The number of aryl methyl sites for hydroxylation is 1. The van der Waals surface area contributed by atoms with Crippen LogP contribution in [-0.4, -0.2) is 4.98 Å². The molecule has 0 saturated heterocycles. The van der Waals surface area contributed by atoms with E-state index in [0.717, 1.165) is 22.7 Å². The molecule has 1 aromatic carbocycles. The zero-order valence-electron chi connectivity index (χ0n) is 10.1. The maximum Gasteiger partial charge on any atom is 0.138 e.